The van der Waals surface area contributed by atoms with E-state index in [2.05, 4.69) is 0 Å². The third-order valence-electron chi connectivity index (χ3n) is 0.408. The van der Waals surface area contributed by atoms with E-state index in [4.69, 9.17) is 4.74 Å². The van der Waals surface area contributed by atoms with Crippen molar-refractivity contribution in [1.29, 1.82) is 0 Å². The minimum atomic E-state index is 0. The largest absolute Gasteiger partial charge is 0.412 e. The van der Waals surface area contributed by atoms with Crippen LogP contribution in [0, 0.1) is 0 Å². The maximum atomic E-state index is 4.83. The first kappa shape index (κ1) is 129. The van der Waals surface area contributed by atoms with Crippen LogP contribution in [-0.2, 0) is 4.74 Å². The molecule has 0 fully saturated rings. The van der Waals surface area contributed by atoms with Crippen LogP contribution in [0.15, 0.2) is 0 Å². The van der Waals surface area contributed by atoms with Gasteiger partial charge in [-0.1, -0.05) is 0 Å². The van der Waals surface area contributed by atoms with Crippen molar-refractivity contribution in [1.82, 2.24) is 0 Å². The van der Waals surface area contributed by atoms with Gasteiger partial charge in [-0.05, 0) is 13.8 Å². The fraction of sp³-hybridized carbons (Fsp3) is 1.00. The predicted molar refractivity (Wildman–Crippen MR) is 51.1 cm³/mol. The molecule has 0 atom stereocenters. The molecule has 16 N–H and O–H groups in total. The van der Waals surface area contributed by atoms with E-state index in [1.165, 1.54) is 0 Å². The van der Waals surface area contributed by atoms with Crippen LogP contribution in [0.4, 0.5) is 0 Å². The van der Waals surface area contributed by atoms with Gasteiger partial charge in [0.25, 0.3) is 0 Å². The molecule has 0 bridgehead atoms. The van der Waals surface area contributed by atoms with Crippen LogP contribution in [0.5, 0.6) is 0 Å². The van der Waals surface area contributed by atoms with Gasteiger partial charge in [0, 0.05) is 13.2 Å². The van der Waals surface area contributed by atoms with Crippen molar-refractivity contribution in [3.8, 4) is 0 Å². The fourth-order valence-corrected chi connectivity index (χ4v) is 0.204. The molecule has 9 nitrogen and oxygen atoms in total. The van der Waals surface area contributed by atoms with Gasteiger partial charge in [0.15, 0.2) is 0 Å². The molecule has 0 radical (unpaired) electrons. The van der Waals surface area contributed by atoms with E-state index in [1.54, 1.807) is 0 Å². The van der Waals surface area contributed by atoms with Crippen molar-refractivity contribution < 1.29 is 48.5 Å². The maximum Gasteiger partial charge on any atom is 0.0437 e. The Kier molecular flexibility index (Phi) is 1880. The van der Waals surface area contributed by atoms with Gasteiger partial charge < -0.3 is 48.5 Å². The van der Waals surface area contributed by atoms with Gasteiger partial charge in [-0.15, -0.1) is 0 Å². The number of hydrogen-bond donors (Lipinski definition) is 0. The number of ether oxygens (including phenoxy) is 1. The highest BCUT2D eigenvalue weighted by atomic mass is 16.5. The molecule has 0 aromatic rings. The summed E-state index contributed by atoms with van der Waals surface area (Å²) in [6.07, 6.45) is 0. The fourth-order valence-electron chi connectivity index (χ4n) is 0.204. The normalized spacial score (nSPS) is 3.23. The van der Waals surface area contributed by atoms with E-state index >= 15 is 0 Å². The number of rotatable bonds is 2. The van der Waals surface area contributed by atoms with Crippen LogP contribution in [0.2, 0.25) is 0 Å². The molecule has 0 aliphatic carbocycles. The lowest BCUT2D eigenvalue weighted by Crippen LogP contribution is -1.84. The minimum Gasteiger partial charge on any atom is -0.412 e. The van der Waals surface area contributed by atoms with Crippen LogP contribution >= 0.6 is 0 Å². The first-order valence-electron chi connectivity index (χ1n) is 1.99. The first-order valence-corrected chi connectivity index (χ1v) is 1.99. The van der Waals surface area contributed by atoms with Gasteiger partial charge in [-0.3, -0.25) is 0 Å². The second kappa shape index (κ2) is 189. The van der Waals surface area contributed by atoms with Crippen molar-refractivity contribution in [2.24, 2.45) is 0 Å². The lowest BCUT2D eigenvalue weighted by atomic mass is 10.8. The Morgan fingerprint density at radius 2 is 0.692 bits per heavy atom. The Morgan fingerprint density at radius 3 is 0.692 bits per heavy atom. The van der Waals surface area contributed by atoms with Gasteiger partial charge in [-0.25, -0.2) is 0 Å². The molecule has 0 aromatic heterocycles. The second-order valence-electron chi connectivity index (χ2n) is 0.781. The van der Waals surface area contributed by atoms with Gasteiger partial charge >= 0.3 is 0 Å². The first-order chi connectivity index (χ1) is 2.41. The zero-order valence-electron chi connectivity index (χ0n) is 7.82. The van der Waals surface area contributed by atoms with Crippen LogP contribution in [0.25, 0.3) is 0 Å². The van der Waals surface area contributed by atoms with Crippen LogP contribution in [-0.4, -0.2) is 57.0 Å². The van der Waals surface area contributed by atoms with Gasteiger partial charge in [0.05, 0.1) is 0 Å². The molecule has 0 saturated carbocycles. The third kappa shape index (κ3) is 402. The molecule has 0 amide bonds. The Labute approximate surface area is 76.8 Å². The van der Waals surface area contributed by atoms with Gasteiger partial charge in [-0.2, -0.15) is 0 Å². The molecule has 0 aliphatic heterocycles. The summed E-state index contributed by atoms with van der Waals surface area (Å²) >= 11 is 0. The maximum absolute atomic E-state index is 4.83. The van der Waals surface area contributed by atoms with Crippen molar-refractivity contribution >= 4 is 0 Å². The lowest BCUT2D eigenvalue weighted by molar-refractivity contribution is 0.162. The average molecular weight is 218 g/mol. The highest BCUT2D eigenvalue weighted by Crippen LogP contribution is 1.64. The van der Waals surface area contributed by atoms with Gasteiger partial charge in [0.2, 0.25) is 0 Å². The topological polar surface area (TPSA) is 261 Å². The lowest BCUT2D eigenvalue weighted by Gasteiger charge is -1.86. The molecule has 0 rings (SSSR count). The van der Waals surface area contributed by atoms with E-state index < -0.39 is 0 Å². The highest BCUT2D eigenvalue weighted by molar-refractivity contribution is 4.07. The van der Waals surface area contributed by atoms with Crippen LogP contribution in [0.3, 0.4) is 0 Å². The molecule has 0 saturated heterocycles. The molecule has 9 heteroatoms. The van der Waals surface area contributed by atoms with E-state index in [1.807, 2.05) is 13.8 Å². The molecule has 0 unspecified atom stereocenters. The summed E-state index contributed by atoms with van der Waals surface area (Å²) in [5, 5.41) is 0. The van der Waals surface area contributed by atoms with Crippen LogP contribution < -0.4 is 0 Å². The zero-order valence-corrected chi connectivity index (χ0v) is 7.82. The summed E-state index contributed by atoms with van der Waals surface area (Å²) < 4.78 is 4.83. The van der Waals surface area contributed by atoms with E-state index in [-0.39, 0.29) is 43.8 Å². The molecule has 96 valence electrons. The molecule has 0 spiro atoms. The quantitative estimate of drug-likeness (QED) is 0.430. The highest BCUT2D eigenvalue weighted by Gasteiger charge is 1.64. The van der Waals surface area contributed by atoms with Crippen molar-refractivity contribution in [3.63, 3.8) is 0 Å². The third-order valence-corrected chi connectivity index (χ3v) is 0.408. The Hall–Kier alpha value is -0.360. The van der Waals surface area contributed by atoms with E-state index in [9.17, 15) is 0 Å². The van der Waals surface area contributed by atoms with Crippen LogP contribution in [0.1, 0.15) is 13.8 Å². The van der Waals surface area contributed by atoms with E-state index in [0.29, 0.717) is 0 Å². The smallest absolute Gasteiger partial charge is 0.0437 e. The second-order valence-corrected chi connectivity index (χ2v) is 0.781. The summed E-state index contributed by atoms with van der Waals surface area (Å²) in [4.78, 5) is 0. The summed E-state index contributed by atoms with van der Waals surface area (Å²) in [7, 11) is 0. The summed E-state index contributed by atoms with van der Waals surface area (Å²) in [6, 6.07) is 0. The minimum absolute atomic E-state index is 0. The summed E-state index contributed by atoms with van der Waals surface area (Å²) in [5.41, 5.74) is 0. The number of hydrogen-bond acceptors (Lipinski definition) is 1. The molecule has 0 aliphatic rings. The Bertz CT molecular complexity index is 19.1. The van der Waals surface area contributed by atoms with E-state index in [0.717, 1.165) is 13.2 Å². The molecule has 0 aromatic carbocycles. The molecule has 0 heterocycles. The standard InChI is InChI=1S/C4H10O.8H2O/c1-3-5-4-2;;;;;;;;/h3-4H2,1-2H3;8*1H2. The molecule has 13 heavy (non-hydrogen) atoms. The predicted octanol–water partition coefficient (Wildman–Crippen LogP) is -5.55. The monoisotopic (exact) mass is 218 g/mol. The average Bonchev–Trinajstić information content (AvgIpc) is 1.41. The summed E-state index contributed by atoms with van der Waals surface area (Å²) in [6.45, 7) is 5.67. The van der Waals surface area contributed by atoms with Crippen molar-refractivity contribution in [2.75, 3.05) is 13.2 Å². The van der Waals surface area contributed by atoms with Crippen molar-refractivity contribution in [2.45, 2.75) is 13.8 Å². The van der Waals surface area contributed by atoms with Crippen molar-refractivity contribution in [3.05, 3.63) is 0 Å². The summed E-state index contributed by atoms with van der Waals surface area (Å²) in [5.74, 6) is 0. The SMILES string of the molecule is CCOCC.O.O.O.O.O.O.O.O. The molecular formula is C4H26O9. The molecular weight excluding hydrogens is 192 g/mol. The Morgan fingerprint density at radius 1 is 0.538 bits per heavy atom. The van der Waals surface area contributed by atoms with Gasteiger partial charge in [0.1, 0.15) is 0 Å². The zero-order chi connectivity index (χ0) is 4.12. The Balaban J connectivity index is -0.00000000286.